The van der Waals surface area contributed by atoms with Crippen LogP contribution in [-0.4, -0.2) is 12.5 Å². The molecule has 0 saturated carbocycles. The largest absolute Gasteiger partial charge is 0.491 e. The molecule has 3 nitrogen and oxygen atoms in total. The molecule has 1 amide bonds. The summed E-state index contributed by atoms with van der Waals surface area (Å²) in [6, 6.07) is 7.90. The summed E-state index contributed by atoms with van der Waals surface area (Å²) in [6.45, 7) is 2.10. The van der Waals surface area contributed by atoms with Crippen molar-refractivity contribution < 1.29 is 18.3 Å². The number of hydrogen-bond donors (Lipinski definition) is 2. The lowest BCUT2D eigenvalue weighted by molar-refractivity contribution is 0.102. The Morgan fingerprint density at radius 3 is 2.57 bits per heavy atom. The summed E-state index contributed by atoms with van der Waals surface area (Å²) in [6.07, 6.45) is 0. The van der Waals surface area contributed by atoms with Crippen LogP contribution in [0.4, 0.5) is 14.5 Å². The van der Waals surface area contributed by atoms with Gasteiger partial charge in [-0.25, -0.2) is 8.78 Å². The summed E-state index contributed by atoms with van der Waals surface area (Å²) in [5.74, 6) is -1.44. The highest BCUT2D eigenvalue weighted by Gasteiger charge is 2.10. The van der Waals surface area contributed by atoms with Gasteiger partial charge in [0.25, 0.3) is 5.91 Å². The summed E-state index contributed by atoms with van der Waals surface area (Å²) >= 11 is 3.91. The molecule has 0 aliphatic rings. The standard InChI is InChI=1S/C15H13F2NO2S/c1-2-20-13-6-4-10(8-12(13)17)18-15(19)9-3-5-11(16)14(21)7-9/h3-8,21H,2H2,1H3,(H,18,19). The molecule has 0 atom stereocenters. The predicted octanol–water partition coefficient (Wildman–Crippen LogP) is 3.90. The number of rotatable bonds is 4. The molecule has 0 aliphatic carbocycles. The number of benzene rings is 2. The molecule has 2 rings (SSSR count). The van der Waals surface area contributed by atoms with Crippen molar-refractivity contribution in [1.29, 1.82) is 0 Å². The molecule has 0 spiro atoms. The maximum Gasteiger partial charge on any atom is 0.255 e. The van der Waals surface area contributed by atoms with Gasteiger partial charge in [0.2, 0.25) is 0 Å². The normalized spacial score (nSPS) is 10.3. The van der Waals surface area contributed by atoms with Gasteiger partial charge in [-0.05, 0) is 37.3 Å². The highest BCUT2D eigenvalue weighted by molar-refractivity contribution is 7.80. The van der Waals surface area contributed by atoms with Gasteiger partial charge in [-0.3, -0.25) is 4.79 Å². The van der Waals surface area contributed by atoms with Crippen LogP contribution < -0.4 is 10.1 Å². The summed E-state index contributed by atoms with van der Waals surface area (Å²) in [5.41, 5.74) is 0.515. The number of halogens is 2. The van der Waals surface area contributed by atoms with E-state index in [9.17, 15) is 13.6 Å². The minimum Gasteiger partial charge on any atom is -0.491 e. The summed E-state index contributed by atoms with van der Waals surface area (Å²) < 4.78 is 31.8. The lowest BCUT2D eigenvalue weighted by atomic mass is 10.2. The number of carbonyl (C=O) groups is 1. The lowest BCUT2D eigenvalue weighted by Crippen LogP contribution is -2.12. The van der Waals surface area contributed by atoms with Gasteiger partial charge < -0.3 is 10.1 Å². The van der Waals surface area contributed by atoms with Crippen molar-refractivity contribution in [3.63, 3.8) is 0 Å². The first kappa shape index (κ1) is 15.3. The number of thiol groups is 1. The number of nitrogens with one attached hydrogen (secondary N) is 1. The van der Waals surface area contributed by atoms with Crippen molar-refractivity contribution in [2.75, 3.05) is 11.9 Å². The number of amides is 1. The molecule has 0 bridgehead atoms. The topological polar surface area (TPSA) is 38.3 Å². The molecular formula is C15H13F2NO2S. The van der Waals surface area contributed by atoms with Crippen molar-refractivity contribution in [3.05, 3.63) is 53.6 Å². The first-order valence-corrected chi connectivity index (χ1v) is 6.68. The second-order valence-corrected chi connectivity index (χ2v) is 4.68. The third-order valence-electron chi connectivity index (χ3n) is 2.70. The van der Waals surface area contributed by atoms with Gasteiger partial charge in [0.1, 0.15) is 5.82 Å². The highest BCUT2D eigenvalue weighted by atomic mass is 32.1. The smallest absolute Gasteiger partial charge is 0.255 e. The second-order valence-electron chi connectivity index (χ2n) is 4.20. The van der Waals surface area contributed by atoms with Crippen LogP contribution in [0.2, 0.25) is 0 Å². The van der Waals surface area contributed by atoms with Gasteiger partial charge in [-0.1, -0.05) is 0 Å². The van der Waals surface area contributed by atoms with Crippen molar-refractivity contribution in [1.82, 2.24) is 0 Å². The number of carbonyl (C=O) groups excluding carboxylic acids is 1. The molecule has 0 saturated heterocycles. The van der Waals surface area contributed by atoms with E-state index in [1.165, 1.54) is 24.3 Å². The molecule has 2 aromatic carbocycles. The SMILES string of the molecule is CCOc1ccc(NC(=O)c2ccc(F)c(S)c2)cc1F. The molecule has 0 radical (unpaired) electrons. The minimum atomic E-state index is -0.566. The fourth-order valence-electron chi connectivity index (χ4n) is 1.71. The summed E-state index contributed by atoms with van der Waals surface area (Å²) in [4.78, 5) is 12.0. The van der Waals surface area contributed by atoms with E-state index >= 15 is 0 Å². The van der Waals surface area contributed by atoms with Gasteiger partial charge in [-0.15, -0.1) is 12.6 Å². The molecule has 0 fully saturated rings. The molecule has 0 aliphatic heterocycles. The fourth-order valence-corrected chi connectivity index (χ4v) is 1.92. The Balaban J connectivity index is 2.15. The summed E-state index contributed by atoms with van der Waals surface area (Å²) in [5, 5.41) is 2.52. The zero-order chi connectivity index (χ0) is 15.4. The quantitative estimate of drug-likeness (QED) is 0.841. The van der Waals surface area contributed by atoms with Gasteiger partial charge in [-0.2, -0.15) is 0 Å². The van der Waals surface area contributed by atoms with Crippen LogP contribution in [0.15, 0.2) is 41.3 Å². The average Bonchev–Trinajstić information content (AvgIpc) is 2.45. The van der Waals surface area contributed by atoms with Crippen LogP contribution in [0.3, 0.4) is 0 Å². The number of anilines is 1. The van der Waals surface area contributed by atoms with Crippen LogP contribution >= 0.6 is 12.6 Å². The Morgan fingerprint density at radius 2 is 1.95 bits per heavy atom. The molecule has 0 unspecified atom stereocenters. The highest BCUT2D eigenvalue weighted by Crippen LogP contribution is 2.22. The maximum atomic E-state index is 13.7. The van der Waals surface area contributed by atoms with E-state index in [2.05, 4.69) is 17.9 Å². The van der Waals surface area contributed by atoms with Gasteiger partial charge in [0, 0.05) is 22.2 Å². The van der Waals surface area contributed by atoms with E-state index in [4.69, 9.17) is 4.74 Å². The van der Waals surface area contributed by atoms with Gasteiger partial charge in [0.15, 0.2) is 11.6 Å². The molecule has 1 N–H and O–H groups in total. The Hall–Kier alpha value is -2.08. The molecule has 0 aromatic heterocycles. The van der Waals surface area contributed by atoms with Crippen LogP contribution in [0, 0.1) is 11.6 Å². The molecule has 2 aromatic rings. The molecule has 6 heteroatoms. The predicted molar refractivity (Wildman–Crippen MR) is 79.2 cm³/mol. The van der Waals surface area contributed by atoms with Gasteiger partial charge >= 0.3 is 0 Å². The third-order valence-corrected chi connectivity index (χ3v) is 3.04. The minimum absolute atomic E-state index is 0.0699. The lowest BCUT2D eigenvalue weighted by Gasteiger charge is -2.09. The first-order chi connectivity index (χ1) is 10.0. The fraction of sp³-hybridized carbons (Fsp3) is 0.133. The van der Waals surface area contributed by atoms with Crippen LogP contribution in [0.1, 0.15) is 17.3 Å². The van der Waals surface area contributed by atoms with E-state index in [1.54, 1.807) is 6.92 Å². The van der Waals surface area contributed by atoms with E-state index in [0.29, 0.717) is 6.61 Å². The number of ether oxygens (including phenoxy) is 1. The van der Waals surface area contributed by atoms with Crippen LogP contribution in [-0.2, 0) is 0 Å². The summed E-state index contributed by atoms with van der Waals surface area (Å²) in [7, 11) is 0. The van der Waals surface area contributed by atoms with Crippen molar-refractivity contribution >= 4 is 24.2 Å². The molecular weight excluding hydrogens is 296 g/mol. The maximum absolute atomic E-state index is 13.7. The Kier molecular flexibility index (Phi) is 4.80. The molecule has 110 valence electrons. The first-order valence-electron chi connectivity index (χ1n) is 6.23. The Morgan fingerprint density at radius 1 is 1.19 bits per heavy atom. The van der Waals surface area contributed by atoms with Crippen LogP contribution in [0.5, 0.6) is 5.75 Å². The molecule has 0 heterocycles. The zero-order valence-corrected chi connectivity index (χ0v) is 12.1. The van der Waals surface area contributed by atoms with Gasteiger partial charge in [0.05, 0.1) is 6.61 Å². The van der Waals surface area contributed by atoms with E-state index in [0.717, 1.165) is 12.1 Å². The Labute approximate surface area is 126 Å². The Bertz CT molecular complexity index is 677. The zero-order valence-electron chi connectivity index (χ0n) is 11.2. The van der Waals surface area contributed by atoms with Crippen molar-refractivity contribution in [2.45, 2.75) is 11.8 Å². The molecule has 21 heavy (non-hydrogen) atoms. The average molecular weight is 309 g/mol. The van der Waals surface area contributed by atoms with Crippen LogP contribution in [0.25, 0.3) is 0 Å². The van der Waals surface area contributed by atoms with E-state index < -0.39 is 17.5 Å². The van der Waals surface area contributed by atoms with Crippen molar-refractivity contribution in [2.24, 2.45) is 0 Å². The second kappa shape index (κ2) is 6.58. The van der Waals surface area contributed by atoms with E-state index in [1.807, 2.05) is 0 Å². The van der Waals surface area contributed by atoms with Crippen molar-refractivity contribution in [3.8, 4) is 5.75 Å². The van der Waals surface area contributed by atoms with E-state index in [-0.39, 0.29) is 21.9 Å². The number of hydrogen-bond acceptors (Lipinski definition) is 3. The third kappa shape index (κ3) is 3.72. The monoisotopic (exact) mass is 309 g/mol.